The van der Waals surface area contributed by atoms with Crippen LogP contribution in [0.4, 0.5) is 6.01 Å². The molecular formula is C21H22N4O2. The topological polar surface area (TPSA) is 71.3 Å². The molecular weight excluding hydrogens is 340 g/mol. The molecule has 6 heteroatoms. The van der Waals surface area contributed by atoms with Crippen LogP contribution in [0.1, 0.15) is 46.3 Å². The molecule has 0 radical (unpaired) electrons. The third-order valence-electron chi connectivity index (χ3n) is 4.85. The van der Waals surface area contributed by atoms with Crippen molar-refractivity contribution in [2.24, 2.45) is 0 Å². The SMILES string of the molecule is Cc1ccccc1C(=O)N[C@@H](c1ccccc1)c1nnc(N2CCCC2)o1. The maximum Gasteiger partial charge on any atom is 0.318 e. The number of nitrogens with zero attached hydrogens (tertiary/aromatic N) is 3. The van der Waals surface area contributed by atoms with Crippen molar-refractivity contribution < 1.29 is 9.21 Å². The Hall–Kier alpha value is -3.15. The zero-order chi connectivity index (χ0) is 18.6. The van der Waals surface area contributed by atoms with Crippen molar-refractivity contribution in [2.45, 2.75) is 25.8 Å². The fourth-order valence-corrected chi connectivity index (χ4v) is 3.35. The van der Waals surface area contributed by atoms with Crippen molar-refractivity contribution in [2.75, 3.05) is 18.0 Å². The molecule has 0 aliphatic carbocycles. The Morgan fingerprint density at radius 2 is 1.74 bits per heavy atom. The van der Waals surface area contributed by atoms with Crippen molar-refractivity contribution in [1.29, 1.82) is 0 Å². The summed E-state index contributed by atoms with van der Waals surface area (Å²) in [6.45, 7) is 3.77. The first kappa shape index (κ1) is 17.3. The first-order valence-corrected chi connectivity index (χ1v) is 9.22. The highest BCUT2D eigenvalue weighted by Gasteiger charge is 2.26. The van der Waals surface area contributed by atoms with E-state index >= 15 is 0 Å². The Kier molecular flexibility index (Phi) is 4.87. The lowest BCUT2D eigenvalue weighted by molar-refractivity contribution is 0.0937. The molecule has 138 valence electrons. The molecule has 1 N–H and O–H groups in total. The second-order valence-electron chi connectivity index (χ2n) is 6.75. The second-order valence-corrected chi connectivity index (χ2v) is 6.75. The van der Waals surface area contributed by atoms with E-state index in [0.29, 0.717) is 17.5 Å². The summed E-state index contributed by atoms with van der Waals surface area (Å²) in [6.07, 6.45) is 2.26. The standard InChI is InChI=1S/C21H22N4O2/c1-15-9-5-6-12-17(15)19(26)22-18(16-10-3-2-4-11-16)20-23-24-21(27-20)25-13-7-8-14-25/h2-6,9-12,18H,7-8,13-14H2,1H3,(H,22,26)/t18-/m0/s1. The fourth-order valence-electron chi connectivity index (χ4n) is 3.35. The highest BCUT2D eigenvalue weighted by molar-refractivity contribution is 5.96. The first-order chi connectivity index (χ1) is 13.2. The van der Waals surface area contributed by atoms with Crippen LogP contribution < -0.4 is 10.2 Å². The van der Waals surface area contributed by atoms with Gasteiger partial charge in [-0.1, -0.05) is 53.6 Å². The smallest absolute Gasteiger partial charge is 0.318 e. The van der Waals surface area contributed by atoms with Crippen molar-refractivity contribution in [3.05, 3.63) is 77.2 Å². The number of amides is 1. The van der Waals surface area contributed by atoms with Crippen LogP contribution in [0.25, 0.3) is 0 Å². The van der Waals surface area contributed by atoms with Gasteiger partial charge in [-0.25, -0.2) is 0 Å². The lowest BCUT2D eigenvalue weighted by Crippen LogP contribution is -2.30. The summed E-state index contributed by atoms with van der Waals surface area (Å²) in [5.74, 6) is 0.230. The quantitative estimate of drug-likeness (QED) is 0.752. The van der Waals surface area contributed by atoms with Gasteiger partial charge in [0.05, 0.1) is 0 Å². The lowest BCUT2D eigenvalue weighted by atomic mass is 10.0. The van der Waals surface area contributed by atoms with E-state index in [4.69, 9.17) is 4.42 Å². The predicted molar refractivity (Wildman–Crippen MR) is 103 cm³/mol. The summed E-state index contributed by atoms with van der Waals surface area (Å²) in [6, 6.07) is 17.2. The van der Waals surface area contributed by atoms with Gasteiger partial charge in [-0.2, -0.15) is 0 Å². The normalized spacial score (nSPS) is 14.9. The first-order valence-electron chi connectivity index (χ1n) is 9.22. The van der Waals surface area contributed by atoms with Crippen LogP contribution in [0.2, 0.25) is 0 Å². The summed E-state index contributed by atoms with van der Waals surface area (Å²) in [7, 11) is 0. The molecule has 1 atom stereocenters. The summed E-state index contributed by atoms with van der Waals surface area (Å²) in [5, 5.41) is 11.5. The molecule has 1 fully saturated rings. The third kappa shape index (κ3) is 3.69. The van der Waals surface area contributed by atoms with E-state index in [1.54, 1.807) is 0 Å². The average Bonchev–Trinajstić information content (AvgIpc) is 3.38. The molecule has 0 unspecified atom stereocenters. The third-order valence-corrected chi connectivity index (χ3v) is 4.85. The van der Waals surface area contributed by atoms with Gasteiger partial charge in [0.25, 0.3) is 5.91 Å². The van der Waals surface area contributed by atoms with Gasteiger partial charge in [0.15, 0.2) is 0 Å². The summed E-state index contributed by atoms with van der Waals surface area (Å²) >= 11 is 0. The maximum atomic E-state index is 12.9. The molecule has 2 aromatic carbocycles. The zero-order valence-corrected chi connectivity index (χ0v) is 15.3. The van der Waals surface area contributed by atoms with E-state index in [1.165, 1.54) is 0 Å². The average molecular weight is 362 g/mol. The number of carbonyl (C=O) groups is 1. The summed E-state index contributed by atoms with van der Waals surface area (Å²) in [5.41, 5.74) is 2.46. The van der Waals surface area contributed by atoms with Crippen molar-refractivity contribution >= 4 is 11.9 Å². The van der Waals surface area contributed by atoms with E-state index in [2.05, 4.69) is 20.4 Å². The molecule has 1 saturated heterocycles. The minimum absolute atomic E-state index is 0.164. The minimum Gasteiger partial charge on any atom is -0.405 e. The van der Waals surface area contributed by atoms with Crippen molar-refractivity contribution in [3.63, 3.8) is 0 Å². The van der Waals surface area contributed by atoms with Crippen LogP contribution in [0.5, 0.6) is 0 Å². The van der Waals surface area contributed by atoms with E-state index in [1.807, 2.05) is 61.5 Å². The highest BCUT2D eigenvalue weighted by Crippen LogP contribution is 2.26. The van der Waals surface area contributed by atoms with Crippen molar-refractivity contribution in [1.82, 2.24) is 15.5 Å². The van der Waals surface area contributed by atoms with Crippen molar-refractivity contribution in [3.8, 4) is 0 Å². The van der Waals surface area contributed by atoms with E-state index in [-0.39, 0.29) is 5.91 Å². The highest BCUT2D eigenvalue weighted by atomic mass is 16.4. The number of anilines is 1. The zero-order valence-electron chi connectivity index (χ0n) is 15.3. The molecule has 1 aliphatic heterocycles. The van der Waals surface area contributed by atoms with Gasteiger partial charge < -0.3 is 14.6 Å². The largest absolute Gasteiger partial charge is 0.405 e. The van der Waals surface area contributed by atoms with Gasteiger partial charge in [0, 0.05) is 18.7 Å². The molecule has 2 heterocycles. The minimum atomic E-state index is -0.498. The number of carbonyl (C=O) groups excluding carboxylic acids is 1. The van der Waals surface area contributed by atoms with Gasteiger partial charge in [-0.05, 0) is 37.0 Å². The molecule has 1 aliphatic rings. The number of hydrogen-bond donors (Lipinski definition) is 1. The molecule has 0 saturated carbocycles. The Labute approximate surface area is 158 Å². The number of aromatic nitrogens is 2. The number of hydrogen-bond acceptors (Lipinski definition) is 5. The number of rotatable bonds is 5. The molecule has 27 heavy (non-hydrogen) atoms. The lowest BCUT2D eigenvalue weighted by Gasteiger charge is -2.17. The van der Waals surface area contributed by atoms with Crippen LogP contribution in [-0.4, -0.2) is 29.2 Å². The van der Waals surface area contributed by atoms with Gasteiger partial charge in [0.1, 0.15) is 6.04 Å². The van der Waals surface area contributed by atoms with Gasteiger partial charge in [-0.15, -0.1) is 5.10 Å². The van der Waals surface area contributed by atoms with Gasteiger partial charge in [0.2, 0.25) is 5.89 Å². The molecule has 3 aromatic rings. The van der Waals surface area contributed by atoms with Crippen LogP contribution in [0, 0.1) is 6.92 Å². The molecule has 4 rings (SSSR count). The Bertz CT molecular complexity index is 917. The molecule has 1 aromatic heterocycles. The Balaban J connectivity index is 1.64. The monoisotopic (exact) mass is 362 g/mol. The number of benzene rings is 2. The summed E-state index contributed by atoms with van der Waals surface area (Å²) < 4.78 is 5.94. The van der Waals surface area contributed by atoms with Crippen LogP contribution >= 0.6 is 0 Å². The molecule has 0 bridgehead atoms. The number of aryl methyl sites for hydroxylation is 1. The van der Waals surface area contributed by atoms with E-state index in [0.717, 1.165) is 37.1 Å². The van der Waals surface area contributed by atoms with E-state index in [9.17, 15) is 4.79 Å². The molecule has 0 spiro atoms. The number of nitrogens with one attached hydrogen (secondary N) is 1. The van der Waals surface area contributed by atoms with E-state index < -0.39 is 6.04 Å². The van der Waals surface area contributed by atoms with Crippen LogP contribution in [-0.2, 0) is 0 Å². The van der Waals surface area contributed by atoms with Gasteiger partial charge in [-0.3, -0.25) is 4.79 Å². The Morgan fingerprint density at radius 1 is 1.04 bits per heavy atom. The second kappa shape index (κ2) is 7.61. The fraction of sp³-hybridized carbons (Fsp3) is 0.286. The van der Waals surface area contributed by atoms with Crippen LogP contribution in [0.15, 0.2) is 59.0 Å². The molecule has 6 nitrogen and oxygen atoms in total. The predicted octanol–water partition coefficient (Wildman–Crippen LogP) is 3.50. The summed E-state index contributed by atoms with van der Waals surface area (Å²) in [4.78, 5) is 15.0. The van der Waals surface area contributed by atoms with Crippen LogP contribution in [0.3, 0.4) is 0 Å². The maximum absolute atomic E-state index is 12.9. The molecule has 1 amide bonds. The van der Waals surface area contributed by atoms with Gasteiger partial charge >= 0.3 is 6.01 Å². The Morgan fingerprint density at radius 3 is 2.48 bits per heavy atom.